The molecule has 0 N–H and O–H groups in total. The summed E-state index contributed by atoms with van der Waals surface area (Å²) in [5.74, 6) is -0.871. The van der Waals surface area contributed by atoms with Gasteiger partial charge in [0.25, 0.3) is 0 Å². The molecule has 0 unspecified atom stereocenters. The molecule has 5 rings (SSSR count). The number of likely N-dealkylation sites (tertiary alicyclic amines) is 1. The molecule has 1 amide bonds. The third-order valence-corrected chi connectivity index (χ3v) is 6.27. The summed E-state index contributed by atoms with van der Waals surface area (Å²) in [5, 5.41) is 0. The molecule has 0 radical (unpaired) electrons. The molecule has 0 spiro atoms. The summed E-state index contributed by atoms with van der Waals surface area (Å²) >= 11 is 0. The molecule has 3 atom stereocenters. The molecular weight excluding hydrogens is 418 g/mol. The molecular formula is C27H23NO5. The zero-order chi connectivity index (χ0) is 22.8. The van der Waals surface area contributed by atoms with E-state index in [1.807, 2.05) is 48.5 Å². The van der Waals surface area contributed by atoms with Crippen molar-refractivity contribution in [3.63, 3.8) is 0 Å². The Hall–Kier alpha value is -3.93. The maximum absolute atomic E-state index is 13.1. The lowest BCUT2D eigenvalue weighted by molar-refractivity contribution is -0.134. The minimum atomic E-state index is -0.545. The molecule has 1 fully saturated rings. The fourth-order valence-electron chi connectivity index (χ4n) is 4.71. The topological polar surface area (TPSA) is 72.9 Å². The fourth-order valence-corrected chi connectivity index (χ4v) is 4.71. The van der Waals surface area contributed by atoms with E-state index >= 15 is 0 Å². The molecule has 6 heteroatoms. The van der Waals surface area contributed by atoms with Crippen LogP contribution >= 0.6 is 0 Å². The highest BCUT2D eigenvalue weighted by molar-refractivity contribution is 5.94. The summed E-state index contributed by atoms with van der Waals surface area (Å²) < 4.78 is 11.4. The molecule has 166 valence electrons. The van der Waals surface area contributed by atoms with E-state index in [0.29, 0.717) is 24.0 Å². The van der Waals surface area contributed by atoms with Crippen LogP contribution in [0.2, 0.25) is 0 Å². The first-order chi connectivity index (χ1) is 16.1. The number of carbonyl (C=O) groups is 3. The molecule has 0 aliphatic carbocycles. The van der Waals surface area contributed by atoms with Gasteiger partial charge in [0, 0.05) is 12.0 Å². The lowest BCUT2D eigenvalue weighted by atomic mass is 9.96. The van der Waals surface area contributed by atoms with Crippen molar-refractivity contribution in [3.05, 3.63) is 107 Å². The number of carbonyl (C=O) groups excluding carboxylic acids is 3. The number of rotatable bonds is 6. The second-order valence-corrected chi connectivity index (χ2v) is 8.21. The van der Waals surface area contributed by atoms with Crippen LogP contribution in [0, 0.1) is 0 Å². The maximum Gasteiger partial charge on any atom is 0.339 e. The number of cyclic esters (lactones) is 1. The Labute approximate surface area is 191 Å². The van der Waals surface area contributed by atoms with Gasteiger partial charge in [0.2, 0.25) is 5.91 Å². The van der Waals surface area contributed by atoms with E-state index in [2.05, 4.69) is 0 Å². The molecule has 0 saturated carbocycles. The smallest absolute Gasteiger partial charge is 0.339 e. The highest BCUT2D eigenvalue weighted by Crippen LogP contribution is 2.42. The van der Waals surface area contributed by atoms with Crippen LogP contribution in [-0.4, -0.2) is 35.4 Å². The normalized spacial score (nSPS) is 20.3. The Morgan fingerprint density at radius 3 is 2.36 bits per heavy atom. The first kappa shape index (κ1) is 20.9. The molecule has 2 aliphatic heterocycles. The monoisotopic (exact) mass is 441 g/mol. The second kappa shape index (κ2) is 8.90. The summed E-state index contributed by atoms with van der Waals surface area (Å²) in [6.45, 7) is 0.00228. The standard InChI is InChI=1S/C27H23NO5/c29-24-16-15-22(25-20-13-7-8-14-21(20)27(31)33-25)28(24)23(18-9-3-1-4-10-18)17-32-26(30)19-11-5-2-6-12-19/h1-14,22-23,25H,15-17H2/t22-,23+,25+/m1/s1. The lowest BCUT2D eigenvalue weighted by Crippen LogP contribution is -2.42. The van der Waals surface area contributed by atoms with Crippen LogP contribution in [0.4, 0.5) is 0 Å². The minimum absolute atomic E-state index is 0.00228. The SMILES string of the molecule is O=C(OC[C@@H](c1ccccc1)N1C(=O)CC[C@@H]1[C@H]1OC(=O)c2ccccc21)c1ccccc1. The Kier molecular flexibility index (Phi) is 5.65. The number of amides is 1. The molecule has 2 heterocycles. The second-order valence-electron chi connectivity index (χ2n) is 8.21. The van der Waals surface area contributed by atoms with Crippen LogP contribution in [0.1, 0.15) is 56.8 Å². The average molecular weight is 441 g/mol. The van der Waals surface area contributed by atoms with Crippen LogP contribution in [0.15, 0.2) is 84.9 Å². The Balaban J connectivity index is 1.45. The summed E-state index contributed by atoms with van der Waals surface area (Å²) in [7, 11) is 0. The van der Waals surface area contributed by atoms with Crippen molar-refractivity contribution in [2.45, 2.75) is 31.0 Å². The molecule has 6 nitrogen and oxygen atoms in total. The van der Waals surface area contributed by atoms with Crippen LogP contribution in [0.3, 0.4) is 0 Å². The van der Waals surface area contributed by atoms with Crippen LogP contribution < -0.4 is 0 Å². The summed E-state index contributed by atoms with van der Waals surface area (Å²) in [6, 6.07) is 24.7. The van der Waals surface area contributed by atoms with Gasteiger partial charge in [-0.15, -0.1) is 0 Å². The van der Waals surface area contributed by atoms with Crippen LogP contribution in [0.25, 0.3) is 0 Å². The lowest BCUT2D eigenvalue weighted by Gasteiger charge is -2.35. The molecule has 2 aliphatic rings. The number of fused-ring (bicyclic) bond motifs is 1. The van der Waals surface area contributed by atoms with Crippen molar-refractivity contribution in [1.29, 1.82) is 0 Å². The van der Waals surface area contributed by atoms with E-state index in [0.717, 1.165) is 11.1 Å². The van der Waals surface area contributed by atoms with Gasteiger partial charge in [0.15, 0.2) is 0 Å². The van der Waals surface area contributed by atoms with Crippen molar-refractivity contribution in [2.24, 2.45) is 0 Å². The zero-order valence-electron chi connectivity index (χ0n) is 17.9. The van der Waals surface area contributed by atoms with Crippen molar-refractivity contribution in [1.82, 2.24) is 4.90 Å². The van der Waals surface area contributed by atoms with Crippen molar-refractivity contribution in [3.8, 4) is 0 Å². The van der Waals surface area contributed by atoms with Gasteiger partial charge in [0.1, 0.15) is 12.7 Å². The van der Waals surface area contributed by atoms with Crippen LogP contribution in [0.5, 0.6) is 0 Å². The number of ether oxygens (including phenoxy) is 2. The first-order valence-corrected chi connectivity index (χ1v) is 11.0. The highest BCUT2D eigenvalue weighted by atomic mass is 16.6. The number of nitrogens with zero attached hydrogens (tertiary/aromatic N) is 1. The molecule has 0 aromatic heterocycles. The minimum Gasteiger partial charge on any atom is -0.460 e. The predicted octanol–water partition coefficient (Wildman–Crippen LogP) is 4.49. The Bertz CT molecular complexity index is 1180. The van der Waals surface area contributed by atoms with E-state index < -0.39 is 18.1 Å². The molecule has 3 aromatic rings. The van der Waals surface area contributed by atoms with Gasteiger partial charge >= 0.3 is 11.9 Å². The fraction of sp³-hybridized carbons (Fsp3) is 0.222. The zero-order valence-corrected chi connectivity index (χ0v) is 17.9. The van der Waals surface area contributed by atoms with E-state index in [9.17, 15) is 14.4 Å². The Morgan fingerprint density at radius 2 is 1.61 bits per heavy atom. The van der Waals surface area contributed by atoms with Gasteiger partial charge in [-0.3, -0.25) is 4.79 Å². The van der Waals surface area contributed by atoms with Gasteiger partial charge < -0.3 is 14.4 Å². The van der Waals surface area contributed by atoms with E-state index in [1.165, 1.54) is 0 Å². The van der Waals surface area contributed by atoms with Gasteiger partial charge in [-0.1, -0.05) is 66.7 Å². The predicted molar refractivity (Wildman–Crippen MR) is 120 cm³/mol. The largest absolute Gasteiger partial charge is 0.460 e. The summed E-state index contributed by atoms with van der Waals surface area (Å²) in [5.41, 5.74) is 2.64. The molecule has 0 bridgehead atoms. The molecule has 3 aromatic carbocycles. The number of hydrogen-bond donors (Lipinski definition) is 0. The first-order valence-electron chi connectivity index (χ1n) is 11.0. The van der Waals surface area contributed by atoms with Crippen molar-refractivity contribution >= 4 is 17.8 Å². The summed E-state index contributed by atoms with van der Waals surface area (Å²) in [4.78, 5) is 39.9. The number of esters is 2. The van der Waals surface area contributed by atoms with Gasteiger partial charge in [0.05, 0.1) is 23.2 Å². The van der Waals surface area contributed by atoms with Gasteiger partial charge in [-0.2, -0.15) is 0 Å². The molecule has 1 saturated heterocycles. The number of benzene rings is 3. The van der Waals surface area contributed by atoms with Gasteiger partial charge in [-0.05, 0) is 30.2 Å². The molecule has 33 heavy (non-hydrogen) atoms. The van der Waals surface area contributed by atoms with E-state index in [4.69, 9.17) is 9.47 Å². The van der Waals surface area contributed by atoms with Crippen molar-refractivity contribution in [2.75, 3.05) is 6.61 Å². The van der Waals surface area contributed by atoms with Crippen molar-refractivity contribution < 1.29 is 23.9 Å². The average Bonchev–Trinajstić information content (AvgIpc) is 3.40. The van der Waals surface area contributed by atoms with E-state index in [-0.39, 0.29) is 24.5 Å². The number of hydrogen-bond acceptors (Lipinski definition) is 5. The third-order valence-electron chi connectivity index (χ3n) is 6.27. The van der Waals surface area contributed by atoms with Crippen LogP contribution in [-0.2, 0) is 14.3 Å². The van der Waals surface area contributed by atoms with E-state index in [1.54, 1.807) is 41.3 Å². The summed E-state index contributed by atoms with van der Waals surface area (Å²) in [6.07, 6.45) is 0.356. The Morgan fingerprint density at radius 1 is 0.939 bits per heavy atom. The van der Waals surface area contributed by atoms with Gasteiger partial charge in [-0.25, -0.2) is 9.59 Å². The highest BCUT2D eigenvalue weighted by Gasteiger charge is 2.46. The third kappa shape index (κ3) is 4.00. The quantitative estimate of drug-likeness (QED) is 0.527. The maximum atomic E-state index is 13.1.